The van der Waals surface area contributed by atoms with Gasteiger partial charge in [0.05, 0.1) is 18.8 Å². The van der Waals surface area contributed by atoms with Crippen LogP contribution in [0.25, 0.3) is 0 Å². The van der Waals surface area contributed by atoms with E-state index in [9.17, 15) is 0 Å². The minimum Gasteiger partial charge on any atom is -0.476 e. The number of nitrogens with one attached hydrogen (secondary N) is 1. The summed E-state index contributed by atoms with van der Waals surface area (Å²) in [5.41, 5.74) is 7.17. The molecule has 2 aromatic heterocycles. The highest BCUT2D eigenvalue weighted by Gasteiger charge is 2.06. The second-order valence-electron chi connectivity index (χ2n) is 4.64. The van der Waals surface area contributed by atoms with Crippen LogP contribution in [-0.4, -0.2) is 16.7 Å². The normalized spacial score (nSPS) is 10.7. The number of nitrogens with zero attached hydrogens (tertiary/aromatic N) is 2. The van der Waals surface area contributed by atoms with Gasteiger partial charge < -0.3 is 20.3 Å². The number of hydrogen-bond acceptors (Lipinski definition) is 6. The van der Waals surface area contributed by atoms with E-state index in [-0.39, 0.29) is 0 Å². The molecule has 0 unspecified atom stereocenters. The Morgan fingerprint density at radius 3 is 2.89 bits per heavy atom. The number of nitrogens with two attached hydrogens (primary N) is 1. The van der Waals surface area contributed by atoms with Crippen LogP contribution in [0.5, 0.6) is 5.88 Å². The number of anilines is 2. The lowest BCUT2D eigenvalue weighted by Crippen LogP contribution is -2.09. The van der Waals surface area contributed by atoms with Crippen molar-refractivity contribution in [3.8, 4) is 5.88 Å². The summed E-state index contributed by atoms with van der Waals surface area (Å²) in [6.45, 7) is 5.27. The van der Waals surface area contributed by atoms with Gasteiger partial charge in [0.1, 0.15) is 17.8 Å². The van der Waals surface area contributed by atoms with Crippen molar-refractivity contribution in [2.45, 2.75) is 20.4 Å². The van der Waals surface area contributed by atoms with Gasteiger partial charge in [-0.15, -0.1) is 0 Å². The first-order valence-corrected chi connectivity index (χ1v) is 6.17. The predicted octanol–water partition coefficient (Wildman–Crippen LogP) is 2.30. The fourth-order valence-electron chi connectivity index (χ4n) is 1.42. The standard InChI is InChI=1S/C13H18N4O2/c1-9(2)8-18-13-11(14)3-4-12(16-13)15-7-10-5-6-19-17-10/h3-6,9H,7-8,14H2,1-2H3,(H,15,16). The van der Waals surface area contributed by atoms with E-state index in [1.165, 1.54) is 6.26 Å². The van der Waals surface area contributed by atoms with Gasteiger partial charge in [-0.2, -0.15) is 4.98 Å². The van der Waals surface area contributed by atoms with Crippen LogP contribution in [0, 0.1) is 5.92 Å². The molecule has 0 saturated carbocycles. The number of aromatic nitrogens is 2. The van der Waals surface area contributed by atoms with Crippen molar-refractivity contribution in [1.29, 1.82) is 0 Å². The lowest BCUT2D eigenvalue weighted by molar-refractivity contribution is 0.263. The van der Waals surface area contributed by atoms with Crippen LogP contribution in [0.15, 0.2) is 29.0 Å². The maximum Gasteiger partial charge on any atom is 0.239 e. The van der Waals surface area contributed by atoms with Crippen LogP contribution < -0.4 is 15.8 Å². The Morgan fingerprint density at radius 2 is 2.21 bits per heavy atom. The first-order chi connectivity index (χ1) is 9.15. The molecule has 102 valence electrons. The van der Waals surface area contributed by atoms with Crippen molar-refractivity contribution in [1.82, 2.24) is 10.1 Å². The summed E-state index contributed by atoms with van der Waals surface area (Å²) < 4.78 is 10.3. The number of hydrogen-bond donors (Lipinski definition) is 2. The van der Waals surface area contributed by atoms with E-state index in [0.29, 0.717) is 36.5 Å². The third-order valence-corrected chi connectivity index (χ3v) is 2.38. The molecule has 0 aromatic carbocycles. The molecular formula is C13H18N4O2. The Labute approximate surface area is 112 Å². The van der Waals surface area contributed by atoms with Crippen LogP contribution in [0.1, 0.15) is 19.5 Å². The molecule has 0 aliphatic carbocycles. The Morgan fingerprint density at radius 1 is 1.37 bits per heavy atom. The van der Waals surface area contributed by atoms with Gasteiger partial charge in [-0.3, -0.25) is 0 Å². The fraction of sp³-hybridized carbons (Fsp3) is 0.385. The molecule has 0 radical (unpaired) electrons. The van der Waals surface area contributed by atoms with Crippen molar-refractivity contribution >= 4 is 11.5 Å². The maximum atomic E-state index is 5.82. The van der Waals surface area contributed by atoms with Crippen LogP contribution >= 0.6 is 0 Å². The van der Waals surface area contributed by atoms with E-state index in [1.54, 1.807) is 18.2 Å². The first-order valence-electron chi connectivity index (χ1n) is 6.17. The van der Waals surface area contributed by atoms with Gasteiger partial charge in [0, 0.05) is 6.07 Å². The molecular weight excluding hydrogens is 244 g/mol. The minimum atomic E-state index is 0.424. The molecule has 0 spiro atoms. The van der Waals surface area contributed by atoms with Gasteiger partial charge in [-0.25, -0.2) is 0 Å². The average Bonchev–Trinajstić information content (AvgIpc) is 2.89. The number of pyridine rings is 1. The largest absolute Gasteiger partial charge is 0.476 e. The molecule has 2 rings (SSSR count). The Kier molecular flexibility index (Phi) is 4.22. The van der Waals surface area contributed by atoms with E-state index in [4.69, 9.17) is 15.0 Å². The van der Waals surface area contributed by atoms with Gasteiger partial charge in [0.15, 0.2) is 0 Å². The molecule has 19 heavy (non-hydrogen) atoms. The highest BCUT2D eigenvalue weighted by atomic mass is 16.5. The molecule has 2 heterocycles. The predicted molar refractivity (Wildman–Crippen MR) is 72.8 cm³/mol. The summed E-state index contributed by atoms with van der Waals surface area (Å²) >= 11 is 0. The Bertz CT molecular complexity index is 511. The zero-order chi connectivity index (χ0) is 13.7. The van der Waals surface area contributed by atoms with Gasteiger partial charge in [-0.1, -0.05) is 19.0 Å². The Balaban J connectivity index is 1.99. The van der Waals surface area contributed by atoms with Crippen molar-refractivity contribution in [3.05, 3.63) is 30.2 Å². The van der Waals surface area contributed by atoms with Crippen molar-refractivity contribution < 1.29 is 9.26 Å². The summed E-state index contributed by atoms with van der Waals surface area (Å²) in [6, 6.07) is 5.37. The molecule has 2 aromatic rings. The summed E-state index contributed by atoms with van der Waals surface area (Å²) in [7, 11) is 0. The van der Waals surface area contributed by atoms with Crippen LogP contribution in [-0.2, 0) is 6.54 Å². The zero-order valence-corrected chi connectivity index (χ0v) is 11.1. The molecule has 0 aliphatic rings. The fourth-order valence-corrected chi connectivity index (χ4v) is 1.42. The van der Waals surface area contributed by atoms with Crippen LogP contribution in [0.2, 0.25) is 0 Å². The lowest BCUT2D eigenvalue weighted by Gasteiger charge is -2.11. The van der Waals surface area contributed by atoms with Gasteiger partial charge >= 0.3 is 0 Å². The van der Waals surface area contributed by atoms with E-state index in [1.807, 2.05) is 0 Å². The van der Waals surface area contributed by atoms with E-state index in [2.05, 4.69) is 29.3 Å². The third kappa shape index (κ3) is 3.87. The van der Waals surface area contributed by atoms with Crippen molar-refractivity contribution in [2.75, 3.05) is 17.7 Å². The monoisotopic (exact) mass is 262 g/mol. The molecule has 6 nitrogen and oxygen atoms in total. The highest BCUT2D eigenvalue weighted by molar-refractivity contribution is 5.53. The second kappa shape index (κ2) is 6.08. The summed E-state index contributed by atoms with van der Waals surface area (Å²) in [5, 5.41) is 6.94. The Hall–Kier alpha value is -2.24. The smallest absolute Gasteiger partial charge is 0.239 e. The number of rotatable bonds is 6. The lowest BCUT2D eigenvalue weighted by atomic mass is 10.2. The summed E-state index contributed by atoms with van der Waals surface area (Å²) in [6.07, 6.45) is 1.53. The minimum absolute atomic E-state index is 0.424. The maximum absolute atomic E-state index is 5.82. The van der Waals surface area contributed by atoms with Gasteiger partial charge in [0.25, 0.3) is 0 Å². The molecule has 6 heteroatoms. The molecule has 0 bridgehead atoms. The topological polar surface area (TPSA) is 86.2 Å². The van der Waals surface area contributed by atoms with Gasteiger partial charge in [-0.05, 0) is 18.1 Å². The second-order valence-corrected chi connectivity index (χ2v) is 4.64. The zero-order valence-electron chi connectivity index (χ0n) is 11.1. The average molecular weight is 262 g/mol. The number of ether oxygens (including phenoxy) is 1. The first kappa shape index (κ1) is 13.2. The SMILES string of the molecule is CC(C)COc1nc(NCc2ccon2)ccc1N. The molecule has 3 N–H and O–H groups in total. The van der Waals surface area contributed by atoms with Crippen LogP contribution in [0.4, 0.5) is 11.5 Å². The molecule has 0 saturated heterocycles. The van der Waals surface area contributed by atoms with Crippen LogP contribution in [0.3, 0.4) is 0 Å². The van der Waals surface area contributed by atoms with E-state index in [0.717, 1.165) is 5.69 Å². The van der Waals surface area contributed by atoms with E-state index >= 15 is 0 Å². The quantitative estimate of drug-likeness (QED) is 0.830. The van der Waals surface area contributed by atoms with Crippen molar-refractivity contribution in [3.63, 3.8) is 0 Å². The summed E-state index contributed by atoms with van der Waals surface area (Å²) in [4.78, 5) is 4.33. The molecule has 0 atom stereocenters. The number of nitrogen functional groups attached to an aromatic ring is 1. The molecule has 0 aliphatic heterocycles. The molecule has 0 fully saturated rings. The highest BCUT2D eigenvalue weighted by Crippen LogP contribution is 2.21. The van der Waals surface area contributed by atoms with Crippen molar-refractivity contribution in [2.24, 2.45) is 5.92 Å². The van der Waals surface area contributed by atoms with Gasteiger partial charge in [0.2, 0.25) is 5.88 Å². The third-order valence-electron chi connectivity index (χ3n) is 2.38. The van der Waals surface area contributed by atoms with E-state index < -0.39 is 0 Å². The molecule has 0 amide bonds. The summed E-state index contributed by atoms with van der Waals surface area (Å²) in [5.74, 6) is 1.57.